The highest BCUT2D eigenvalue weighted by Crippen LogP contribution is 2.36. The number of hydrogen-bond acceptors (Lipinski definition) is 5. The largest absolute Gasteiger partial charge is 0.376 e. The molecule has 130 valence electrons. The lowest BCUT2D eigenvalue weighted by atomic mass is 10.1. The molecule has 0 aliphatic carbocycles. The lowest BCUT2D eigenvalue weighted by Gasteiger charge is -2.23. The van der Waals surface area contributed by atoms with Gasteiger partial charge in [-0.1, -0.05) is 18.2 Å². The molecule has 2 unspecified atom stereocenters. The molecule has 3 heterocycles. The number of benzene rings is 1. The van der Waals surface area contributed by atoms with E-state index in [2.05, 4.69) is 45.3 Å². The summed E-state index contributed by atoms with van der Waals surface area (Å²) >= 11 is 0. The van der Waals surface area contributed by atoms with Crippen molar-refractivity contribution in [1.82, 2.24) is 15.3 Å². The Labute approximate surface area is 147 Å². The van der Waals surface area contributed by atoms with Crippen LogP contribution in [0.5, 0.6) is 0 Å². The smallest absolute Gasteiger partial charge is 0.270 e. The van der Waals surface area contributed by atoms with E-state index in [-0.39, 0.29) is 12.0 Å². The van der Waals surface area contributed by atoms with E-state index in [9.17, 15) is 4.79 Å². The van der Waals surface area contributed by atoms with E-state index in [4.69, 9.17) is 4.74 Å². The monoisotopic (exact) mass is 338 g/mol. The SMILES string of the molecule is CC1Cc2ccccc2N1c1cc(C(=O)NCC2CCCO2)ncn1. The number of nitrogens with one attached hydrogen (secondary N) is 1. The van der Waals surface area contributed by atoms with Gasteiger partial charge in [-0.2, -0.15) is 0 Å². The van der Waals surface area contributed by atoms with Crippen molar-refractivity contribution in [2.45, 2.75) is 38.3 Å². The second kappa shape index (κ2) is 6.80. The molecule has 0 radical (unpaired) electrons. The number of fused-ring (bicyclic) bond motifs is 1. The average Bonchev–Trinajstić information content (AvgIpc) is 3.26. The predicted octanol–water partition coefficient (Wildman–Crippen LogP) is 2.47. The summed E-state index contributed by atoms with van der Waals surface area (Å²) in [7, 11) is 0. The Kier molecular flexibility index (Phi) is 4.36. The first-order valence-corrected chi connectivity index (χ1v) is 8.81. The second-order valence-electron chi connectivity index (χ2n) is 6.66. The first-order valence-electron chi connectivity index (χ1n) is 8.81. The summed E-state index contributed by atoms with van der Waals surface area (Å²) in [5, 5.41) is 2.92. The van der Waals surface area contributed by atoms with Gasteiger partial charge in [-0.3, -0.25) is 4.79 Å². The zero-order valence-electron chi connectivity index (χ0n) is 14.3. The van der Waals surface area contributed by atoms with E-state index in [0.29, 0.717) is 18.3 Å². The molecule has 1 aromatic carbocycles. The maximum atomic E-state index is 12.4. The van der Waals surface area contributed by atoms with Gasteiger partial charge in [0.1, 0.15) is 17.8 Å². The minimum Gasteiger partial charge on any atom is -0.376 e. The van der Waals surface area contributed by atoms with Gasteiger partial charge in [-0.15, -0.1) is 0 Å². The van der Waals surface area contributed by atoms with E-state index >= 15 is 0 Å². The third-order valence-electron chi connectivity index (χ3n) is 4.85. The van der Waals surface area contributed by atoms with Gasteiger partial charge in [0.05, 0.1) is 6.10 Å². The minimum atomic E-state index is -0.181. The molecule has 1 fully saturated rings. The van der Waals surface area contributed by atoms with Crippen molar-refractivity contribution >= 4 is 17.4 Å². The summed E-state index contributed by atoms with van der Waals surface area (Å²) in [6, 6.07) is 10.4. The van der Waals surface area contributed by atoms with Gasteiger partial charge in [0, 0.05) is 30.9 Å². The highest BCUT2D eigenvalue weighted by Gasteiger charge is 2.28. The first kappa shape index (κ1) is 16.0. The summed E-state index contributed by atoms with van der Waals surface area (Å²) in [6.07, 6.45) is 4.61. The maximum absolute atomic E-state index is 12.4. The van der Waals surface area contributed by atoms with E-state index in [1.54, 1.807) is 6.07 Å². The topological polar surface area (TPSA) is 67.4 Å². The first-order chi connectivity index (χ1) is 12.2. The zero-order chi connectivity index (χ0) is 17.2. The van der Waals surface area contributed by atoms with E-state index < -0.39 is 0 Å². The average molecular weight is 338 g/mol. The maximum Gasteiger partial charge on any atom is 0.270 e. The van der Waals surface area contributed by atoms with Crippen LogP contribution in [0.1, 0.15) is 35.8 Å². The molecule has 0 bridgehead atoms. The molecule has 2 aliphatic rings. The van der Waals surface area contributed by atoms with Crippen LogP contribution in [0.25, 0.3) is 0 Å². The van der Waals surface area contributed by atoms with Gasteiger partial charge in [0.15, 0.2) is 0 Å². The molecule has 0 spiro atoms. The van der Waals surface area contributed by atoms with Crippen LogP contribution in [-0.2, 0) is 11.2 Å². The number of carbonyl (C=O) groups excluding carboxylic acids is 1. The number of anilines is 2. The van der Waals surface area contributed by atoms with Crippen molar-refractivity contribution in [2.75, 3.05) is 18.1 Å². The summed E-state index contributed by atoms with van der Waals surface area (Å²) < 4.78 is 5.54. The highest BCUT2D eigenvalue weighted by atomic mass is 16.5. The lowest BCUT2D eigenvalue weighted by Crippen LogP contribution is -2.32. The number of carbonyl (C=O) groups is 1. The van der Waals surface area contributed by atoms with Crippen LogP contribution in [0.3, 0.4) is 0 Å². The van der Waals surface area contributed by atoms with Crippen LogP contribution < -0.4 is 10.2 Å². The Bertz CT molecular complexity index is 774. The van der Waals surface area contributed by atoms with E-state index in [1.807, 2.05) is 6.07 Å². The molecule has 2 aromatic rings. The highest BCUT2D eigenvalue weighted by molar-refractivity contribution is 5.93. The fourth-order valence-electron chi connectivity index (χ4n) is 3.62. The Morgan fingerprint density at radius 1 is 1.36 bits per heavy atom. The summed E-state index contributed by atoms with van der Waals surface area (Å²) in [4.78, 5) is 23.1. The molecule has 6 heteroatoms. The molecule has 6 nitrogen and oxygen atoms in total. The van der Waals surface area contributed by atoms with Crippen LogP contribution >= 0.6 is 0 Å². The Morgan fingerprint density at radius 3 is 3.08 bits per heavy atom. The minimum absolute atomic E-state index is 0.121. The number of amides is 1. The Balaban J connectivity index is 1.52. The van der Waals surface area contributed by atoms with Crippen molar-refractivity contribution in [3.63, 3.8) is 0 Å². The number of hydrogen-bond donors (Lipinski definition) is 1. The molecule has 1 aromatic heterocycles. The Hall–Kier alpha value is -2.47. The molecule has 1 saturated heterocycles. The Morgan fingerprint density at radius 2 is 2.24 bits per heavy atom. The zero-order valence-corrected chi connectivity index (χ0v) is 14.3. The lowest BCUT2D eigenvalue weighted by molar-refractivity contribution is 0.0853. The standard InChI is InChI=1S/C19H22N4O2/c1-13-9-14-5-2-3-7-17(14)23(13)18-10-16(21-12-22-18)19(24)20-11-15-6-4-8-25-15/h2-3,5,7,10,12-13,15H,4,6,8-9,11H2,1H3,(H,20,24). The van der Waals surface area contributed by atoms with Gasteiger partial charge in [-0.05, 0) is 37.8 Å². The van der Waals surface area contributed by atoms with Crippen molar-refractivity contribution in [3.05, 3.63) is 47.9 Å². The quantitative estimate of drug-likeness (QED) is 0.927. The molecule has 1 N–H and O–H groups in total. The van der Waals surface area contributed by atoms with E-state index in [1.165, 1.54) is 11.9 Å². The van der Waals surface area contributed by atoms with Gasteiger partial charge in [-0.25, -0.2) is 9.97 Å². The van der Waals surface area contributed by atoms with Gasteiger partial charge < -0.3 is 15.0 Å². The summed E-state index contributed by atoms with van der Waals surface area (Å²) in [6.45, 7) is 3.48. The molecule has 2 atom stereocenters. The number of rotatable bonds is 4. The second-order valence-corrected chi connectivity index (χ2v) is 6.66. The van der Waals surface area contributed by atoms with E-state index in [0.717, 1.165) is 37.4 Å². The van der Waals surface area contributed by atoms with Gasteiger partial charge in [0.2, 0.25) is 0 Å². The molecular weight excluding hydrogens is 316 g/mol. The van der Waals surface area contributed by atoms with Crippen molar-refractivity contribution in [1.29, 1.82) is 0 Å². The fourth-order valence-corrected chi connectivity index (χ4v) is 3.62. The van der Waals surface area contributed by atoms with Crippen LogP contribution in [0.15, 0.2) is 36.7 Å². The van der Waals surface area contributed by atoms with Crippen molar-refractivity contribution in [3.8, 4) is 0 Å². The van der Waals surface area contributed by atoms with Crippen LogP contribution in [0, 0.1) is 0 Å². The van der Waals surface area contributed by atoms with Gasteiger partial charge >= 0.3 is 0 Å². The third-order valence-corrected chi connectivity index (χ3v) is 4.85. The molecule has 2 aliphatic heterocycles. The number of nitrogens with zero attached hydrogens (tertiary/aromatic N) is 3. The molecule has 4 rings (SSSR count). The molecule has 0 saturated carbocycles. The summed E-state index contributed by atoms with van der Waals surface area (Å²) in [5.74, 6) is 0.578. The van der Waals surface area contributed by atoms with Gasteiger partial charge in [0.25, 0.3) is 5.91 Å². The number of para-hydroxylation sites is 1. The van der Waals surface area contributed by atoms with Crippen LogP contribution in [0.2, 0.25) is 0 Å². The molecule has 25 heavy (non-hydrogen) atoms. The van der Waals surface area contributed by atoms with Crippen LogP contribution in [-0.4, -0.2) is 41.2 Å². The third kappa shape index (κ3) is 3.22. The summed E-state index contributed by atoms with van der Waals surface area (Å²) in [5.41, 5.74) is 2.84. The molecular formula is C19H22N4O2. The normalized spacial score (nSPS) is 22.0. The predicted molar refractivity (Wildman–Crippen MR) is 95.1 cm³/mol. The van der Waals surface area contributed by atoms with Crippen molar-refractivity contribution in [2.24, 2.45) is 0 Å². The van der Waals surface area contributed by atoms with Crippen LogP contribution in [0.4, 0.5) is 11.5 Å². The number of aromatic nitrogens is 2. The number of ether oxygens (including phenoxy) is 1. The fraction of sp³-hybridized carbons (Fsp3) is 0.421. The van der Waals surface area contributed by atoms with Crippen molar-refractivity contribution < 1.29 is 9.53 Å². The molecule has 1 amide bonds.